The molecule has 6 nitrogen and oxygen atoms in total. The minimum atomic E-state index is -0.501. The average molecular weight is 286 g/mol. The highest BCUT2D eigenvalue weighted by Crippen LogP contribution is 2.38. The fraction of sp³-hybridized carbons (Fsp3) is 0.400. The van der Waals surface area contributed by atoms with Crippen molar-refractivity contribution in [1.82, 2.24) is 14.9 Å². The van der Waals surface area contributed by atoms with E-state index in [4.69, 9.17) is 5.73 Å². The van der Waals surface area contributed by atoms with E-state index in [1.165, 1.54) is 0 Å². The number of fused-ring (bicyclic) bond motifs is 1. The van der Waals surface area contributed by atoms with Crippen LogP contribution in [0.25, 0.3) is 11.0 Å². The van der Waals surface area contributed by atoms with Crippen LogP contribution in [0.5, 0.6) is 0 Å². The molecule has 0 bridgehead atoms. The molecule has 2 heterocycles. The number of benzene rings is 1. The van der Waals surface area contributed by atoms with E-state index in [0.717, 1.165) is 24.9 Å². The van der Waals surface area contributed by atoms with Crippen LogP contribution in [0.1, 0.15) is 42.9 Å². The van der Waals surface area contributed by atoms with Crippen molar-refractivity contribution in [3.8, 4) is 0 Å². The molecule has 1 saturated heterocycles. The van der Waals surface area contributed by atoms with E-state index in [2.05, 4.69) is 9.97 Å². The van der Waals surface area contributed by atoms with Crippen LogP contribution in [0.2, 0.25) is 0 Å². The Morgan fingerprint density at radius 1 is 1.43 bits per heavy atom. The first kappa shape index (κ1) is 13.6. The Balaban J connectivity index is 2.15. The molecule has 2 amide bonds. The van der Waals surface area contributed by atoms with Crippen molar-refractivity contribution in [3.05, 3.63) is 29.6 Å². The third-order valence-corrected chi connectivity index (χ3v) is 4.31. The number of carbonyl (C=O) groups excluding carboxylic acids is 2. The summed E-state index contributed by atoms with van der Waals surface area (Å²) < 4.78 is 0. The smallest absolute Gasteiger partial charge is 0.250 e. The Morgan fingerprint density at radius 2 is 2.19 bits per heavy atom. The second-order valence-electron chi connectivity index (χ2n) is 5.70. The molecule has 2 aromatic rings. The molecule has 110 valence electrons. The van der Waals surface area contributed by atoms with Gasteiger partial charge in [-0.25, -0.2) is 4.98 Å². The highest BCUT2D eigenvalue weighted by atomic mass is 16.2. The molecule has 0 spiro atoms. The Kier molecular flexibility index (Phi) is 2.97. The third kappa shape index (κ3) is 1.98. The summed E-state index contributed by atoms with van der Waals surface area (Å²) in [5.74, 6) is 0.239. The van der Waals surface area contributed by atoms with Gasteiger partial charge in [0.2, 0.25) is 5.91 Å². The van der Waals surface area contributed by atoms with Gasteiger partial charge in [0.25, 0.3) is 5.91 Å². The minimum Gasteiger partial charge on any atom is -0.366 e. The molecule has 0 radical (unpaired) electrons. The van der Waals surface area contributed by atoms with Gasteiger partial charge >= 0.3 is 0 Å². The average Bonchev–Trinajstić information content (AvgIpc) is 3.01. The molecule has 3 rings (SSSR count). The van der Waals surface area contributed by atoms with E-state index in [1.54, 1.807) is 19.1 Å². The maximum absolute atomic E-state index is 11.8. The van der Waals surface area contributed by atoms with Crippen molar-refractivity contribution < 1.29 is 9.59 Å². The van der Waals surface area contributed by atoms with Crippen molar-refractivity contribution in [2.45, 2.75) is 32.2 Å². The molecule has 1 aliphatic rings. The number of imidazole rings is 1. The Labute approximate surface area is 122 Å². The van der Waals surface area contributed by atoms with Gasteiger partial charge in [-0.15, -0.1) is 0 Å². The van der Waals surface area contributed by atoms with Gasteiger partial charge < -0.3 is 15.6 Å². The standard InChI is InChI=1S/C15H18N4O2/c1-9(20)19-8-4-7-15(19,2)14-17-11-6-3-5-10(13(16)21)12(11)18-14/h3,5-6H,4,7-8H2,1-2H3,(H2,16,21)(H,17,18)/t15-/m1/s1. The van der Waals surface area contributed by atoms with Gasteiger partial charge in [0.15, 0.2) is 0 Å². The zero-order chi connectivity index (χ0) is 15.2. The lowest BCUT2D eigenvalue weighted by Gasteiger charge is -2.32. The summed E-state index contributed by atoms with van der Waals surface area (Å²) in [7, 11) is 0. The number of nitrogens with two attached hydrogens (primary N) is 1. The van der Waals surface area contributed by atoms with E-state index < -0.39 is 11.4 Å². The van der Waals surface area contributed by atoms with Crippen molar-refractivity contribution >= 4 is 22.8 Å². The summed E-state index contributed by atoms with van der Waals surface area (Å²) in [6.45, 7) is 4.30. The van der Waals surface area contributed by atoms with Crippen LogP contribution >= 0.6 is 0 Å². The van der Waals surface area contributed by atoms with Crippen molar-refractivity contribution in [2.24, 2.45) is 5.73 Å². The summed E-state index contributed by atoms with van der Waals surface area (Å²) in [6.07, 6.45) is 1.79. The predicted octanol–water partition coefficient (Wildman–Crippen LogP) is 1.52. The number of H-pyrrole nitrogens is 1. The molecular weight excluding hydrogens is 268 g/mol. The van der Waals surface area contributed by atoms with Crippen LogP contribution in [-0.4, -0.2) is 33.2 Å². The highest BCUT2D eigenvalue weighted by Gasteiger charge is 2.42. The number of para-hydroxylation sites is 1. The van der Waals surface area contributed by atoms with Crippen LogP contribution in [0, 0.1) is 0 Å². The van der Waals surface area contributed by atoms with Gasteiger partial charge in [0, 0.05) is 13.5 Å². The van der Waals surface area contributed by atoms with Crippen LogP contribution in [0.3, 0.4) is 0 Å². The van der Waals surface area contributed by atoms with Crippen LogP contribution in [0.4, 0.5) is 0 Å². The quantitative estimate of drug-likeness (QED) is 0.876. The summed E-state index contributed by atoms with van der Waals surface area (Å²) >= 11 is 0. The number of amides is 2. The molecule has 1 aromatic heterocycles. The van der Waals surface area contributed by atoms with Gasteiger partial charge in [-0.05, 0) is 31.9 Å². The molecule has 1 aliphatic heterocycles. The molecular formula is C15H18N4O2. The molecule has 3 N–H and O–H groups in total. The molecule has 21 heavy (non-hydrogen) atoms. The number of aromatic nitrogens is 2. The van der Waals surface area contributed by atoms with E-state index in [1.807, 2.05) is 17.9 Å². The number of carbonyl (C=O) groups is 2. The van der Waals surface area contributed by atoms with Crippen molar-refractivity contribution in [3.63, 3.8) is 0 Å². The number of likely N-dealkylation sites (tertiary alicyclic amines) is 1. The number of nitrogens with one attached hydrogen (secondary N) is 1. The molecule has 1 aromatic carbocycles. The van der Waals surface area contributed by atoms with Crippen molar-refractivity contribution in [2.75, 3.05) is 6.54 Å². The molecule has 0 saturated carbocycles. The summed E-state index contributed by atoms with van der Waals surface area (Å²) in [4.78, 5) is 33.0. The molecule has 0 aliphatic carbocycles. The first-order valence-corrected chi connectivity index (χ1v) is 7.01. The molecule has 0 unspecified atom stereocenters. The van der Waals surface area contributed by atoms with E-state index in [9.17, 15) is 9.59 Å². The van der Waals surface area contributed by atoms with E-state index in [-0.39, 0.29) is 5.91 Å². The zero-order valence-electron chi connectivity index (χ0n) is 12.1. The van der Waals surface area contributed by atoms with E-state index >= 15 is 0 Å². The second kappa shape index (κ2) is 4.58. The first-order valence-electron chi connectivity index (χ1n) is 7.01. The largest absolute Gasteiger partial charge is 0.366 e. The normalized spacial score (nSPS) is 21.9. The number of hydrogen-bond acceptors (Lipinski definition) is 3. The predicted molar refractivity (Wildman–Crippen MR) is 78.6 cm³/mol. The summed E-state index contributed by atoms with van der Waals surface area (Å²) in [5, 5.41) is 0. The van der Waals surface area contributed by atoms with Gasteiger partial charge in [0.1, 0.15) is 11.3 Å². The van der Waals surface area contributed by atoms with E-state index in [0.29, 0.717) is 16.9 Å². The Hall–Kier alpha value is -2.37. The lowest BCUT2D eigenvalue weighted by Crippen LogP contribution is -2.42. The molecule has 1 atom stereocenters. The van der Waals surface area contributed by atoms with Crippen molar-refractivity contribution in [1.29, 1.82) is 0 Å². The maximum Gasteiger partial charge on any atom is 0.250 e. The third-order valence-electron chi connectivity index (χ3n) is 4.31. The minimum absolute atomic E-state index is 0.0329. The topological polar surface area (TPSA) is 92.1 Å². The zero-order valence-corrected chi connectivity index (χ0v) is 12.1. The second-order valence-corrected chi connectivity index (χ2v) is 5.70. The fourth-order valence-corrected chi connectivity index (χ4v) is 3.20. The lowest BCUT2D eigenvalue weighted by molar-refractivity contribution is -0.132. The fourth-order valence-electron chi connectivity index (χ4n) is 3.20. The number of primary amides is 1. The number of rotatable bonds is 2. The SMILES string of the molecule is CC(=O)N1CCC[C@]1(C)c1nc2c(C(N)=O)cccc2[nH]1. The molecule has 6 heteroatoms. The summed E-state index contributed by atoms with van der Waals surface area (Å²) in [5.41, 5.74) is 6.66. The van der Waals surface area contributed by atoms with Crippen LogP contribution in [0.15, 0.2) is 18.2 Å². The van der Waals surface area contributed by atoms with Gasteiger partial charge in [0.05, 0.1) is 16.6 Å². The first-order chi connectivity index (χ1) is 9.93. The van der Waals surface area contributed by atoms with Crippen LogP contribution < -0.4 is 5.73 Å². The monoisotopic (exact) mass is 286 g/mol. The highest BCUT2D eigenvalue weighted by molar-refractivity contribution is 6.04. The van der Waals surface area contributed by atoms with Gasteiger partial charge in [-0.1, -0.05) is 6.07 Å². The number of nitrogens with zero attached hydrogens (tertiary/aromatic N) is 2. The van der Waals surface area contributed by atoms with Gasteiger partial charge in [-0.2, -0.15) is 0 Å². The van der Waals surface area contributed by atoms with Gasteiger partial charge in [-0.3, -0.25) is 9.59 Å². The Morgan fingerprint density at radius 3 is 2.86 bits per heavy atom. The number of aromatic amines is 1. The Bertz CT molecular complexity index is 736. The maximum atomic E-state index is 11.8. The van der Waals surface area contributed by atoms with Crippen LogP contribution in [-0.2, 0) is 10.3 Å². The number of hydrogen-bond donors (Lipinski definition) is 2. The molecule has 1 fully saturated rings. The summed E-state index contributed by atoms with van der Waals surface area (Å²) in [6, 6.07) is 5.29. The lowest BCUT2D eigenvalue weighted by atomic mass is 9.98.